The van der Waals surface area contributed by atoms with E-state index in [1.807, 2.05) is 0 Å². The van der Waals surface area contributed by atoms with Crippen LogP contribution in [0.1, 0.15) is 63.5 Å². The Kier molecular flexibility index (Phi) is 8.68. The molecule has 0 unspecified atom stereocenters. The zero-order valence-corrected chi connectivity index (χ0v) is 12.7. The third kappa shape index (κ3) is 7.93. The third-order valence-electron chi connectivity index (χ3n) is 3.74. The number of carbonyl (C=O) groups is 1. The third-order valence-corrected chi connectivity index (χ3v) is 3.74. The van der Waals surface area contributed by atoms with Crippen LogP contribution in [0.5, 0.6) is 0 Å². The Morgan fingerprint density at radius 1 is 1.00 bits per heavy atom. The number of hydrogen-bond acceptors (Lipinski definition) is 1. The molecular formula is C17H28NO2+. The van der Waals surface area contributed by atoms with Gasteiger partial charge < -0.3 is 5.11 Å². The average Bonchev–Trinajstić information content (AvgIpc) is 2.42. The van der Waals surface area contributed by atoms with E-state index in [0.29, 0.717) is 6.42 Å². The van der Waals surface area contributed by atoms with Gasteiger partial charge in [0.15, 0.2) is 11.9 Å². The lowest BCUT2D eigenvalue weighted by molar-refractivity contribution is -0.679. The summed E-state index contributed by atoms with van der Waals surface area (Å²) in [5, 5.41) is 8.53. The van der Waals surface area contributed by atoms with Gasteiger partial charge in [-0.2, -0.15) is 0 Å². The van der Waals surface area contributed by atoms with E-state index in [4.69, 9.17) is 5.11 Å². The molecule has 1 N–H and O–H groups in total. The molecule has 0 aliphatic carbocycles. The molecule has 3 nitrogen and oxygen atoms in total. The minimum absolute atomic E-state index is 0.327. The number of hydrogen-bond donors (Lipinski definition) is 1. The lowest BCUT2D eigenvalue weighted by atomic mass is 10.1. The Bertz CT molecular complexity index is 390. The molecule has 20 heavy (non-hydrogen) atoms. The van der Waals surface area contributed by atoms with Gasteiger partial charge in [-0.3, -0.25) is 4.79 Å². The van der Waals surface area contributed by atoms with Gasteiger partial charge in [0.1, 0.15) is 7.05 Å². The average molecular weight is 278 g/mol. The van der Waals surface area contributed by atoms with Crippen LogP contribution in [0.15, 0.2) is 24.4 Å². The van der Waals surface area contributed by atoms with Crippen molar-refractivity contribution in [3.8, 4) is 0 Å². The van der Waals surface area contributed by atoms with Crippen molar-refractivity contribution in [1.29, 1.82) is 0 Å². The van der Waals surface area contributed by atoms with Crippen molar-refractivity contribution >= 4 is 5.97 Å². The van der Waals surface area contributed by atoms with Gasteiger partial charge in [-0.05, 0) is 12.8 Å². The number of aromatic nitrogens is 1. The van der Waals surface area contributed by atoms with Gasteiger partial charge in [0.25, 0.3) is 0 Å². The van der Waals surface area contributed by atoms with E-state index in [9.17, 15) is 4.79 Å². The molecule has 0 radical (unpaired) electrons. The summed E-state index contributed by atoms with van der Waals surface area (Å²) in [7, 11) is 2.10. The van der Waals surface area contributed by atoms with E-state index in [1.165, 1.54) is 44.2 Å². The number of carboxylic acid groups (broad SMARTS) is 1. The second-order valence-electron chi connectivity index (χ2n) is 5.53. The smallest absolute Gasteiger partial charge is 0.303 e. The van der Waals surface area contributed by atoms with E-state index >= 15 is 0 Å². The maximum Gasteiger partial charge on any atom is 0.303 e. The van der Waals surface area contributed by atoms with Crippen molar-refractivity contribution in [2.24, 2.45) is 7.05 Å². The second-order valence-corrected chi connectivity index (χ2v) is 5.53. The summed E-state index contributed by atoms with van der Waals surface area (Å²) in [4.78, 5) is 10.3. The van der Waals surface area contributed by atoms with Gasteiger partial charge in [-0.25, -0.2) is 4.57 Å². The van der Waals surface area contributed by atoms with Crippen molar-refractivity contribution in [2.45, 2.75) is 64.2 Å². The summed E-state index contributed by atoms with van der Waals surface area (Å²) in [5.74, 6) is -0.668. The molecule has 0 bridgehead atoms. The number of nitrogens with zero attached hydrogens (tertiary/aromatic N) is 1. The van der Waals surface area contributed by atoms with Crippen LogP contribution in [0.25, 0.3) is 0 Å². The Labute approximate surface area is 122 Å². The fourth-order valence-electron chi connectivity index (χ4n) is 2.46. The molecule has 1 aromatic rings. The fraction of sp³-hybridized carbons (Fsp3) is 0.647. The molecule has 0 saturated carbocycles. The molecule has 1 heterocycles. The van der Waals surface area contributed by atoms with Crippen molar-refractivity contribution in [2.75, 3.05) is 0 Å². The van der Waals surface area contributed by atoms with Crippen molar-refractivity contribution in [3.63, 3.8) is 0 Å². The highest BCUT2D eigenvalue weighted by Gasteiger charge is 2.03. The Morgan fingerprint density at radius 2 is 1.60 bits per heavy atom. The van der Waals surface area contributed by atoms with Gasteiger partial charge in [-0.15, -0.1) is 0 Å². The highest BCUT2D eigenvalue weighted by molar-refractivity contribution is 5.66. The summed E-state index contributed by atoms with van der Waals surface area (Å²) in [6.07, 6.45) is 13.1. The molecule has 0 fully saturated rings. The van der Waals surface area contributed by atoms with Crippen molar-refractivity contribution < 1.29 is 14.5 Å². The number of pyridine rings is 1. The first-order chi connectivity index (χ1) is 9.70. The van der Waals surface area contributed by atoms with E-state index < -0.39 is 5.97 Å². The first kappa shape index (κ1) is 16.7. The molecule has 0 amide bonds. The molecule has 3 heteroatoms. The van der Waals surface area contributed by atoms with E-state index in [2.05, 4.69) is 36.0 Å². The molecule has 1 rings (SSSR count). The van der Waals surface area contributed by atoms with Gasteiger partial charge in [0.05, 0.1) is 0 Å². The summed E-state index contributed by atoms with van der Waals surface area (Å²) in [5.41, 5.74) is 1.40. The van der Waals surface area contributed by atoms with Gasteiger partial charge >= 0.3 is 5.97 Å². The molecule has 0 aromatic carbocycles. The summed E-state index contributed by atoms with van der Waals surface area (Å²) in [6, 6.07) is 6.36. The topological polar surface area (TPSA) is 41.2 Å². The molecule has 1 aromatic heterocycles. The van der Waals surface area contributed by atoms with E-state index in [-0.39, 0.29) is 0 Å². The molecule has 112 valence electrons. The Hall–Kier alpha value is -1.38. The minimum atomic E-state index is -0.668. The molecule has 0 atom stereocenters. The van der Waals surface area contributed by atoms with Crippen molar-refractivity contribution in [3.05, 3.63) is 30.1 Å². The zero-order valence-electron chi connectivity index (χ0n) is 12.7. The summed E-state index contributed by atoms with van der Waals surface area (Å²) >= 11 is 0. The Morgan fingerprint density at radius 3 is 2.20 bits per heavy atom. The van der Waals surface area contributed by atoms with Crippen LogP contribution >= 0.6 is 0 Å². The first-order valence-electron chi connectivity index (χ1n) is 7.85. The predicted molar refractivity (Wildman–Crippen MR) is 80.5 cm³/mol. The van der Waals surface area contributed by atoms with Gasteiger partial charge in [0, 0.05) is 25.0 Å². The van der Waals surface area contributed by atoms with Crippen LogP contribution in [-0.2, 0) is 18.3 Å². The highest BCUT2D eigenvalue weighted by atomic mass is 16.4. The standard InChI is InChI=1S/C17H27NO2/c1-18-15-11-10-13-16(18)12-8-6-4-2-3-5-7-9-14-17(19)20/h10-11,13,15H,2-9,12,14H2,1H3/p+1. The lowest BCUT2D eigenvalue weighted by Crippen LogP contribution is -2.32. The van der Waals surface area contributed by atoms with Crippen LogP contribution in [0.2, 0.25) is 0 Å². The number of carboxylic acids is 1. The van der Waals surface area contributed by atoms with Crippen molar-refractivity contribution in [1.82, 2.24) is 0 Å². The molecule has 0 aliphatic rings. The monoisotopic (exact) mass is 278 g/mol. The minimum Gasteiger partial charge on any atom is -0.481 e. The predicted octanol–water partition coefficient (Wildman–Crippen LogP) is 3.65. The number of aryl methyl sites for hydroxylation is 2. The maximum absolute atomic E-state index is 10.3. The molecular weight excluding hydrogens is 250 g/mol. The largest absolute Gasteiger partial charge is 0.481 e. The molecule has 0 aliphatic heterocycles. The SMILES string of the molecule is C[n+]1ccccc1CCCCCCCCCCC(=O)O. The van der Waals surface area contributed by atoms with E-state index in [0.717, 1.165) is 19.3 Å². The second kappa shape index (κ2) is 10.4. The number of rotatable bonds is 11. The first-order valence-corrected chi connectivity index (χ1v) is 7.85. The highest BCUT2D eigenvalue weighted by Crippen LogP contribution is 2.10. The van der Waals surface area contributed by atoms with Crippen LogP contribution in [-0.4, -0.2) is 11.1 Å². The quantitative estimate of drug-likeness (QED) is 0.496. The van der Waals surface area contributed by atoms with Gasteiger partial charge in [-0.1, -0.05) is 44.6 Å². The van der Waals surface area contributed by atoms with Crippen LogP contribution in [0.4, 0.5) is 0 Å². The normalized spacial score (nSPS) is 10.7. The number of aliphatic carboxylic acids is 1. The summed E-state index contributed by atoms with van der Waals surface area (Å²) in [6.45, 7) is 0. The Balaban J connectivity index is 1.90. The van der Waals surface area contributed by atoms with Crippen LogP contribution in [0, 0.1) is 0 Å². The van der Waals surface area contributed by atoms with Crippen LogP contribution in [0.3, 0.4) is 0 Å². The lowest BCUT2D eigenvalue weighted by Gasteiger charge is -2.02. The molecule has 0 spiro atoms. The fourth-order valence-corrected chi connectivity index (χ4v) is 2.46. The number of unbranched alkanes of at least 4 members (excludes halogenated alkanes) is 7. The maximum atomic E-state index is 10.3. The zero-order chi connectivity index (χ0) is 14.6. The van der Waals surface area contributed by atoms with E-state index in [1.54, 1.807) is 0 Å². The van der Waals surface area contributed by atoms with Crippen LogP contribution < -0.4 is 4.57 Å². The van der Waals surface area contributed by atoms with Gasteiger partial charge in [0.2, 0.25) is 0 Å². The molecule has 0 saturated heterocycles. The summed E-state index contributed by atoms with van der Waals surface area (Å²) < 4.78 is 2.20.